The van der Waals surface area contributed by atoms with Gasteiger partial charge in [0.25, 0.3) is 0 Å². The van der Waals surface area contributed by atoms with E-state index in [2.05, 4.69) is 64.1 Å². The summed E-state index contributed by atoms with van der Waals surface area (Å²) in [6.45, 7) is 5.02. The van der Waals surface area contributed by atoms with Crippen LogP contribution in [-0.4, -0.2) is 17.6 Å². The molecule has 0 aromatic heterocycles. The Morgan fingerprint density at radius 2 is 1.81 bits per heavy atom. The Labute approximate surface area is 133 Å². The molecule has 2 aromatic rings. The van der Waals surface area contributed by atoms with E-state index in [4.69, 9.17) is 10.9 Å². The van der Waals surface area contributed by atoms with Gasteiger partial charge in [-0.2, -0.15) is 0 Å². The van der Waals surface area contributed by atoms with E-state index < -0.39 is 0 Å². The predicted octanol–water partition coefficient (Wildman–Crippen LogP) is 4.01. The van der Waals surface area contributed by atoms with Gasteiger partial charge in [0.2, 0.25) is 0 Å². The van der Waals surface area contributed by atoms with Crippen LogP contribution in [0.4, 0.5) is 11.4 Å². The molecule has 0 bridgehead atoms. The molecule has 0 saturated heterocycles. The predicted molar refractivity (Wildman–Crippen MR) is 90.5 cm³/mol. The lowest BCUT2D eigenvalue weighted by Gasteiger charge is -2.24. The van der Waals surface area contributed by atoms with Gasteiger partial charge >= 0.3 is 0 Å². The molecule has 0 aliphatic heterocycles. The standard InChI is InChI=1S/C16H18BrN3O/c1-3-20(12-6-4-11(2)5-7-12)13-8-9-14(15(17)10-13)16(18)19-21/h4-10,21H,3H2,1-2H3,(H2,18,19). The number of oxime groups is 1. The highest BCUT2D eigenvalue weighted by atomic mass is 79.9. The SMILES string of the molecule is CCN(c1ccc(C)cc1)c1ccc(/C(N)=N/O)c(Br)c1. The highest BCUT2D eigenvalue weighted by Gasteiger charge is 2.11. The van der Waals surface area contributed by atoms with Crippen molar-refractivity contribution in [3.05, 3.63) is 58.1 Å². The van der Waals surface area contributed by atoms with E-state index in [0.717, 1.165) is 22.4 Å². The molecular formula is C16H18BrN3O. The Balaban J connectivity index is 2.39. The van der Waals surface area contributed by atoms with Gasteiger partial charge in [-0.1, -0.05) is 22.9 Å². The van der Waals surface area contributed by atoms with E-state index in [0.29, 0.717) is 5.56 Å². The Morgan fingerprint density at radius 1 is 1.19 bits per heavy atom. The first kappa shape index (κ1) is 15.4. The molecule has 2 aromatic carbocycles. The first-order valence-corrected chi connectivity index (χ1v) is 7.47. The molecule has 0 heterocycles. The number of nitrogens with two attached hydrogens (primary N) is 1. The van der Waals surface area contributed by atoms with Gasteiger partial charge in [-0.25, -0.2) is 0 Å². The second-order valence-corrected chi connectivity index (χ2v) is 5.58. The van der Waals surface area contributed by atoms with Crippen LogP contribution in [0.25, 0.3) is 0 Å². The smallest absolute Gasteiger partial charge is 0.171 e. The fourth-order valence-electron chi connectivity index (χ4n) is 2.17. The molecular weight excluding hydrogens is 330 g/mol. The zero-order chi connectivity index (χ0) is 15.4. The molecule has 21 heavy (non-hydrogen) atoms. The minimum Gasteiger partial charge on any atom is -0.409 e. The topological polar surface area (TPSA) is 61.8 Å². The van der Waals surface area contributed by atoms with Crippen molar-refractivity contribution in [1.29, 1.82) is 0 Å². The van der Waals surface area contributed by atoms with Crippen molar-refractivity contribution in [3.63, 3.8) is 0 Å². The van der Waals surface area contributed by atoms with E-state index >= 15 is 0 Å². The number of benzene rings is 2. The molecule has 5 heteroatoms. The molecule has 0 fully saturated rings. The van der Waals surface area contributed by atoms with Crippen LogP contribution in [0.2, 0.25) is 0 Å². The van der Waals surface area contributed by atoms with Crippen LogP contribution in [0.15, 0.2) is 52.1 Å². The molecule has 0 saturated carbocycles. The quantitative estimate of drug-likeness (QED) is 0.380. The maximum atomic E-state index is 8.77. The van der Waals surface area contributed by atoms with Gasteiger partial charge in [0.1, 0.15) is 0 Å². The van der Waals surface area contributed by atoms with Crippen molar-refractivity contribution in [2.75, 3.05) is 11.4 Å². The van der Waals surface area contributed by atoms with Gasteiger partial charge in [-0.15, -0.1) is 0 Å². The van der Waals surface area contributed by atoms with Crippen molar-refractivity contribution < 1.29 is 5.21 Å². The summed E-state index contributed by atoms with van der Waals surface area (Å²) in [5.74, 6) is 0.0896. The zero-order valence-electron chi connectivity index (χ0n) is 12.0. The van der Waals surface area contributed by atoms with Gasteiger partial charge in [0, 0.05) is 28.0 Å². The lowest BCUT2D eigenvalue weighted by molar-refractivity contribution is 0.318. The Morgan fingerprint density at radius 3 is 2.33 bits per heavy atom. The number of hydrogen-bond donors (Lipinski definition) is 2. The lowest BCUT2D eigenvalue weighted by Crippen LogP contribution is -2.17. The van der Waals surface area contributed by atoms with E-state index in [-0.39, 0.29) is 5.84 Å². The molecule has 0 aliphatic carbocycles. The largest absolute Gasteiger partial charge is 0.409 e. The third kappa shape index (κ3) is 3.36. The van der Waals surface area contributed by atoms with Crippen LogP contribution in [0.1, 0.15) is 18.1 Å². The van der Waals surface area contributed by atoms with E-state index in [9.17, 15) is 0 Å². The summed E-state index contributed by atoms with van der Waals surface area (Å²) < 4.78 is 0.792. The van der Waals surface area contributed by atoms with E-state index in [1.807, 2.05) is 18.2 Å². The monoisotopic (exact) mass is 347 g/mol. The third-order valence-electron chi connectivity index (χ3n) is 3.31. The number of aryl methyl sites for hydroxylation is 1. The first-order chi connectivity index (χ1) is 10.1. The highest BCUT2D eigenvalue weighted by molar-refractivity contribution is 9.10. The van der Waals surface area contributed by atoms with Crippen molar-refractivity contribution in [1.82, 2.24) is 0 Å². The summed E-state index contributed by atoms with van der Waals surface area (Å²) >= 11 is 3.47. The summed E-state index contributed by atoms with van der Waals surface area (Å²) in [4.78, 5) is 2.19. The normalized spacial score (nSPS) is 11.5. The number of amidine groups is 1. The maximum absolute atomic E-state index is 8.77. The van der Waals surface area contributed by atoms with Crippen molar-refractivity contribution in [2.45, 2.75) is 13.8 Å². The number of hydrogen-bond acceptors (Lipinski definition) is 3. The van der Waals surface area contributed by atoms with Gasteiger partial charge < -0.3 is 15.8 Å². The van der Waals surface area contributed by atoms with Crippen molar-refractivity contribution in [2.24, 2.45) is 10.9 Å². The van der Waals surface area contributed by atoms with Gasteiger partial charge in [-0.05, 0) is 60.1 Å². The second-order valence-electron chi connectivity index (χ2n) is 4.73. The molecule has 4 nitrogen and oxygen atoms in total. The zero-order valence-corrected chi connectivity index (χ0v) is 13.6. The summed E-state index contributed by atoms with van der Waals surface area (Å²) in [6.07, 6.45) is 0. The van der Waals surface area contributed by atoms with Crippen LogP contribution in [0.5, 0.6) is 0 Å². The molecule has 0 unspecified atom stereocenters. The Hall–Kier alpha value is -2.01. The number of halogens is 1. The first-order valence-electron chi connectivity index (χ1n) is 6.68. The van der Waals surface area contributed by atoms with Gasteiger partial charge in [0.05, 0.1) is 0 Å². The van der Waals surface area contributed by atoms with Gasteiger partial charge in [-0.3, -0.25) is 0 Å². The number of rotatable bonds is 4. The third-order valence-corrected chi connectivity index (χ3v) is 3.97. The summed E-state index contributed by atoms with van der Waals surface area (Å²) in [7, 11) is 0. The molecule has 0 atom stereocenters. The van der Waals surface area contributed by atoms with Crippen LogP contribution in [-0.2, 0) is 0 Å². The fourth-order valence-corrected chi connectivity index (χ4v) is 2.74. The van der Waals surface area contributed by atoms with Crippen LogP contribution >= 0.6 is 15.9 Å². The fraction of sp³-hybridized carbons (Fsp3) is 0.188. The Kier molecular flexibility index (Phi) is 4.85. The molecule has 0 spiro atoms. The lowest BCUT2D eigenvalue weighted by atomic mass is 10.1. The van der Waals surface area contributed by atoms with Crippen LogP contribution < -0.4 is 10.6 Å². The molecule has 110 valence electrons. The minimum atomic E-state index is 0.0896. The van der Waals surface area contributed by atoms with Gasteiger partial charge in [0.15, 0.2) is 5.84 Å². The average Bonchev–Trinajstić information content (AvgIpc) is 2.49. The average molecular weight is 348 g/mol. The number of anilines is 2. The summed E-state index contributed by atoms with van der Waals surface area (Å²) in [5, 5.41) is 11.8. The highest BCUT2D eigenvalue weighted by Crippen LogP contribution is 2.29. The minimum absolute atomic E-state index is 0.0896. The molecule has 0 amide bonds. The van der Waals surface area contributed by atoms with E-state index in [1.165, 1.54) is 5.56 Å². The molecule has 3 N–H and O–H groups in total. The van der Waals surface area contributed by atoms with Crippen molar-refractivity contribution in [3.8, 4) is 0 Å². The van der Waals surface area contributed by atoms with Crippen LogP contribution in [0, 0.1) is 6.92 Å². The molecule has 2 rings (SSSR count). The maximum Gasteiger partial charge on any atom is 0.171 e. The second kappa shape index (κ2) is 6.63. The van der Waals surface area contributed by atoms with E-state index in [1.54, 1.807) is 0 Å². The van der Waals surface area contributed by atoms with Crippen LogP contribution in [0.3, 0.4) is 0 Å². The summed E-state index contributed by atoms with van der Waals surface area (Å²) in [5.41, 5.74) is 9.72. The number of nitrogens with zero attached hydrogens (tertiary/aromatic N) is 2. The summed E-state index contributed by atoms with van der Waals surface area (Å²) in [6, 6.07) is 14.2. The van der Waals surface area contributed by atoms with Crippen molar-refractivity contribution >= 4 is 33.1 Å². The molecule has 0 radical (unpaired) electrons. The molecule has 0 aliphatic rings. The Bertz CT molecular complexity index is 653.